The molecule has 216 valence electrons. The Hall–Kier alpha value is -3.25. The van der Waals surface area contributed by atoms with Crippen LogP contribution in [-0.4, -0.2) is 47.1 Å². The van der Waals surface area contributed by atoms with Crippen molar-refractivity contribution in [2.45, 2.75) is 51.7 Å². The lowest BCUT2D eigenvalue weighted by molar-refractivity contribution is -0.384. The number of thiocarbonyl (C=S) groups is 1. The van der Waals surface area contributed by atoms with Gasteiger partial charge in [0.15, 0.2) is 5.11 Å². The number of amides is 1. The number of anilines is 2. The highest BCUT2D eigenvalue weighted by atomic mass is 35.5. The normalized spacial score (nSPS) is 17.4. The average Bonchev–Trinajstić information content (AvgIpc) is 3.25. The molecule has 5 rings (SSSR count). The van der Waals surface area contributed by atoms with Crippen molar-refractivity contribution in [3.05, 3.63) is 79.2 Å². The van der Waals surface area contributed by atoms with Crippen LogP contribution in [0.15, 0.2) is 42.5 Å². The summed E-state index contributed by atoms with van der Waals surface area (Å²) >= 11 is 14.0. The number of ether oxygens (including phenoxy) is 1. The third-order valence-electron chi connectivity index (χ3n) is 7.61. The van der Waals surface area contributed by atoms with E-state index >= 15 is 0 Å². The molecule has 2 aliphatic heterocycles. The number of hydrogen-bond donors (Lipinski definition) is 2. The predicted molar refractivity (Wildman–Crippen MR) is 167 cm³/mol. The molecule has 2 unspecified atom stereocenters. The number of rotatable bonds is 7. The van der Waals surface area contributed by atoms with Gasteiger partial charge >= 0.3 is 0 Å². The maximum absolute atomic E-state index is 13.5. The molecule has 3 heterocycles. The van der Waals surface area contributed by atoms with E-state index in [0.29, 0.717) is 41.1 Å². The summed E-state index contributed by atoms with van der Waals surface area (Å²) in [6.07, 6.45) is 2.57. The van der Waals surface area contributed by atoms with E-state index in [1.54, 1.807) is 23.5 Å². The number of benzene rings is 2. The first-order valence-corrected chi connectivity index (χ1v) is 15.2. The first kappa shape index (κ1) is 29.2. The molecule has 2 aliphatic rings. The van der Waals surface area contributed by atoms with Gasteiger partial charge in [0, 0.05) is 28.0 Å². The van der Waals surface area contributed by atoms with Crippen molar-refractivity contribution in [2.24, 2.45) is 0 Å². The van der Waals surface area contributed by atoms with Gasteiger partial charge in [0.25, 0.3) is 5.69 Å². The van der Waals surface area contributed by atoms with Crippen LogP contribution in [0.3, 0.4) is 0 Å². The number of thiophene rings is 1. The van der Waals surface area contributed by atoms with Crippen molar-refractivity contribution >= 4 is 62.6 Å². The lowest BCUT2D eigenvalue weighted by atomic mass is 9.92. The predicted octanol–water partition coefficient (Wildman–Crippen LogP) is 6.29. The topological polar surface area (TPSA) is 100.0 Å². The van der Waals surface area contributed by atoms with Crippen molar-refractivity contribution in [3.63, 3.8) is 0 Å². The van der Waals surface area contributed by atoms with Crippen LogP contribution in [0, 0.1) is 10.1 Å². The minimum absolute atomic E-state index is 0.0428. The summed E-state index contributed by atoms with van der Waals surface area (Å²) in [5.74, 6) is 0.440. The van der Waals surface area contributed by atoms with Crippen LogP contribution in [-0.2, 0) is 17.8 Å². The van der Waals surface area contributed by atoms with E-state index < -0.39 is 4.92 Å². The standard InChI is InChI=1S/C29H32ClN5O4S2/c1-4-7-17(2)34-25(36)15-31-27(19-8-5-6-9-21(19)30)26-20-12-13-33(16-24(20)41-28(26)34)29(40)32-22-11-10-18(39-3)14-23(22)35(37)38/h5-6,8-11,14,17,27,31H,4,7,12-13,15-16H2,1-3H3,(H,32,40). The second-order valence-corrected chi connectivity index (χ2v) is 12.1. The number of hydrogen-bond acceptors (Lipinski definition) is 7. The van der Waals surface area contributed by atoms with E-state index in [0.717, 1.165) is 33.8 Å². The highest BCUT2D eigenvalue weighted by molar-refractivity contribution is 7.80. The van der Waals surface area contributed by atoms with Crippen LogP contribution in [0.1, 0.15) is 54.3 Å². The third kappa shape index (κ3) is 5.76. The van der Waals surface area contributed by atoms with Crippen molar-refractivity contribution in [1.29, 1.82) is 0 Å². The molecular formula is C29H32ClN5O4S2. The molecule has 12 heteroatoms. The fourth-order valence-corrected chi connectivity index (χ4v) is 7.64. The Labute approximate surface area is 253 Å². The molecule has 3 aromatic rings. The van der Waals surface area contributed by atoms with E-state index in [-0.39, 0.29) is 30.2 Å². The molecule has 0 radical (unpaired) electrons. The molecule has 0 aliphatic carbocycles. The van der Waals surface area contributed by atoms with E-state index in [1.165, 1.54) is 18.7 Å². The first-order chi connectivity index (χ1) is 19.7. The molecule has 1 aromatic heterocycles. The smallest absolute Gasteiger partial charge is 0.296 e. The molecule has 0 saturated heterocycles. The summed E-state index contributed by atoms with van der Waals surface area (Å²) in [5.41, 5.74) is 3.46. The van der Waals surface area contributed by atoms with Gasteiger partial charge in [-0.3, -0.25) is 25.1 Å². The Balaban J connectivity index is 1.50. The number of carbonyl (C=O) groups is 1. The first-order valence-electron chi connectivity index (χ1n) is 13.6. The minimum Gasteiger partial charge on any atom is -0.496 e. The van der Waals surface area contributed by atoms with Crippen LogP contribution in [0.4, 0.5) is 16.4 Å². The molecule has 0 bridgehead atoms. The van der Waals surface area contributed by atoms with Crippen molar-refractivity contribution in [3.8, 4) is 5.75 Å². The monoisotopic (exact) mass is 613 g/mol. The molecule has 9 nitrogen and oxygen atoms in total. The van der Waals surface area contributed by atoms with Gasteiger partial charge in [0.1, 0.15) is 16.4 Å². The van der Waals surface area contributed by atoms with Gasteiger partial charge in [0.05, 0.1) is 37.2 Å². The summed E-state index contributed by atoms with van der Waals surface area (Å²) in [5, 5.41) is 20.3. The zero-order chi connectivity index (χ0) is 29.3. The van der Waals surface area contributed by atoms with E-state index in [4.69, 9.17) is 28.6 Å². The molecule has 2 N–H and O–H groups in total. The number of nitrogens with one attached hydrogen (secondary N) is 2. The van der Waals surface area contributed by atoms with Crippen molar-refractivity contribution in [1.82, 2.24) is 10.2 Å². The van der Waals surface area contributed by atoms with Gasteiger partial charge in [-0.25, -0.2) is 0 Å². The number of nitro groups is 1. The van der Waals surface area contributed by atoms with Gasteiger partial charge in [-0.05, 0) is 61.3 Å². The minimum atomic E-state index is -0.455. The van der Waals surface area contributed by atoms with Gasteiger partial charge in [-0.15, -0.1) is 11.3 Å². The van der Waals surface area contributed by atoms with E-state index in [9.17, 15) is 14.9 Å². The highest BCUT2D eigenvalue weighted by Gasteiger charge is 2.38. The SMILES string of the molecule is CCCC(C)N1C(=O)CNC(c2ccccc2Cl)c2c1sc1c2CCN(C(=S)Nc2ccc(OC)cc2[N+](=O)[O-])C1. The second-order valence-electron chi connectivity index (χ2n) is 10.2. The van der Waals surface area contributed by atoms with Crippen LogP contribution in [0.2, 0.25) is 5.02 Å². The lowest BCUT2D eigenvalue weighted by Crippen LogP contribution is -2.41. The van der Waals surface area contributed by atoms with Gasteiger partial charge in [-0.2, -0.15) is 0 Å². The Morgan fingerprint density at radius 3 is 2.83 bits per heavy atom. The number of methoxy groups -OCH3 is 1. The molecular weight excluding hydrogens is 582 g/mol. The Bertz CT molecular complexity index is 1500. The largest absolute Gasteiger partial charge is 0.496 e. The highest BCUT2D eigenvalue weighted by Crippen LogP contribution is 2.47. The van der Waals surface area contributed by atoms with E-state index in [2.05, 4.69) is 24.5 Å². The van der Waals surface area contributed by atoms with Crippen molar-refractivity contribution < 1.29 is 14.5 Å². The van der Waals surface area contributed by atoms with E-state index in [1.807, 2.05) is 34.1 Å². The van der Waals surface area contributed by atoms with Crippen LogP contribution in [0.5, 0.6) is 5.75 Å². The molecule has 2 atom stereocenters. The van der Waals surface area contributed by atoms with Gasteiger partial charge in [-0.1, -0.05) is 43.1 Å². The maximum atomic E-state index is 13.5. The van der Waals surface area contributed by atoms with Gasteiger partial charge in [0.2, 0.25) is 5.91 Å². The van der Waals surface area contributed by atoms with Crippen LogP contribution < -0.4 is 20.3 Å². The molecule has 1 amide bonds. The maximum Gasteiger partial charge on any atom is 0.296 e. The lowest BCUT2D eigenvalue weighted by Gasteiger charge is -2.30. The van der Waals surface area contributed by atoms with Crippen LogP contribution in [0.25, 0.3) is 0 Å². The fourth-order valence-electron chi connectivity index (χ4n) is 5.61. The number of halogens is 1. The summed E-state index contributed by atoms with van der Waals surface area (Å²) in [6.45, 7) is 5.61. The zero-order valence-electron chi connectivity index (χ0n) is 23.1. The molecule has 0 spiro atoms. The number of carbonyl (C=O) groups excluding carboxylic acids is 1. The van der Waals surface area contributed by atoms with Crippen LogP contribution >= 0.6 is 35.2 Å². The molecule has 2 aromatic carbocycles. The molecule has 41 heavy (non-hydrogen) atoms. The number of fused-ring (bicyclic) bond motifs is 3. The molecule has 0 saturated carbocycles. The Kier molecular flexibility index (Phi) is 8.79. The Morgan fingerprint density at radius 2 is 2.12 bits per heavy atom. The average molecular weight is 614 g/mol. The third-order valence-corrected chi connectivity index (χ3v) is 9.54. The number of nitrogens with zero attached hydrogens (tertiary/aromatic N) is 3. The summed E-state index contributed by atoms with van der Waals surface area (Å²) in [4.78, 5) is 29.8. The zero-order valence-corrected chi connectivity index (χ0v) is 25.5. The summed E-state index contributed by atoms with van der Waals surface area (Å²) in [6, 6.07) is 12.2. The van der Waals surface area contributed by atoms with Gasteiger partial charge < -0.3 is 15.0 Å². The summed E-state index contributed by atoms with van der Waals surface area (Å²) < 4.78 is 5.15. The van der Waals surface area contributed by atoms with Crippen molar-refractivity contribution in [2.75, 3.05) is 30.4 Å². The number of nitro benzene ring substituents is 1. The molecule has 0 fully saturated rings. The Morgan fingerprint density at radius 1 is 1.34 bits per heavy atom. The second kappa shape index (κ2) is 12.3. The quantitative estimate of drug-likeness (QED) is 0.182. The summed E-state index contributed by atoms with van der Waals surface area (Å²) in [7, 11) is 1.47. The fraction of sp³-hybridized carbons (Fsp3) is 0.379.